The summed E-state index contributed by atoms with van der Waals surface area (Å²) in [6, 6.07) is 25.8. The lowest BCUT2D eigenvalue weighted by molar-refractivity contribution is 0.142. The van der Waals surface area contributed by atoms with Gasteiger partial charge in [0.2, 0.25) is 0 Å². The van der Waals surface area contributed by atoms with Gasteiger partial charge in [0.1, 0.15) is 11.9 Å². The van der Waals surface area contributed by atoms with Crippen molar-refractivity contribution in [2.75, 3.05) is 25.0 Å². The highest BCUT2D eigenvalue weighted by molar-refractivity contribution is 8.00. The van der Waals surface area contributed by atoms with Crippen molar-refractivity contribution in [1.29, 1.82) is 0 Å². The van der Waals surface area contributed by atoms with Crippen LogP contribution in [0.25, 0.3) is 5.70 Å². The molecule has 0 spiro atoms. The van der Waals surface area contributed by atoms with Crippen LogP contribution in [0.2, 0.25) is 0 Å². The Bertz CT molecular complexity index is 1220. The average Bonchev–Trinajstić information content (AvgIpc) is 3.19. The van der Waals surface area contributed by atoms with Gasteiger partial charge in [0.15, 0.2) is 0 Å². The van der Waals surface area contributed by atoms with Crippen LogP contribution in [0.5, 0.6) is 5.75 Å². The van der Waals surface area contributed by atoms with E-state index in [1.165, 1.54) is 21.0 Å². The highest BCUT2D eigenvalue weighted by Crippen LogP contribution is 2.46. The van der Waals surface area contributed by atoms with Gasteiger partial charge in [-0.05, 0) is 79.7 Å². The van der Waals surface area contributed by atoms with E-state index in [1.54, 1.807) is 11.9 Å². The summed E-state index contributed by atoms with van der Waals surface area (Å²) in [4.78, 5) is 4.87. The van der Waals surface area contributed by atoms with Crippen molar-refractivity contribution in [3.63, 3.8) is 0 Å². The normalized spacial score (nSPS) is 17.9. The number of anilines is 1. The topological polar surface area (TPSA) is 62.6 Å². The number of nitrogens with zero attached hydrogens (tertiary/aromatic N) is 1. The average molecular weight is 519 g/mol. The zero-order valence-corrected chi connectivity index (χ0v) is 22.7. The van der Waals surface area contributed by atoms with Crippen molar-refractivity contribution in [2.24, 2.45) is 5.73 Å². The molecule has 0 bridgehead atoms. The van der Waals surface area contributed by atoms with Crippen molar-refractivity contribution < 1.29 is 4.74 Å². The molecule has 2 aliphatic rings. The molecule has 2 aliphatic heterocycles. The molecule has 36 heavy (non-hydrogen) atoms. The summed E-state index contributed by atoms with van der Waals surface area (Å²) in [6.07, 6.45) is 1.16. The molecule has 3 aromatic carbocycles. The number of hydrogen-bond donors (Lipinski definition) is 3. The molecule has 7 heteroatoms. The Morgan fingerprint density at radius 1 is 1.11 bits per heavy atom. The Kier molecular flexibility index (Phi) is 7.82. The van der Waals surface area contributed by atoms with Crippen LogP contribution in [0.4, 0.5) is 5.69 Å². The van der Waals surface area contributed by atoms with Crippen LogP contribution in [-0.4, -0.2) is 37.7 Å². The minimum absolute atomic E-state index is 0.195. The fourth-order valence-electron chi connectivity index (χ4n) is 4.43. The zero-order valence-electron chi connectivity index (χ0n) is 21.0. The van der Waals surface area contributed by atoms with Gasteiger partial charge in [0.05, 0.1) is 17.1 Å². The maximum atomic E-state index is 6.37. The van der Waals surface area contributed by atoms with Crippen molar-refractivity contribution in [3.8, 4) is 5.75 Å². The van der Waals surface area contributed by atoms with Crippen LogP contribution < -0.4 is 25.4 Å². The first kappa shape index (κ1) is 25.1. The fourth-order valence-corrected chi connectivity index (χ4v) is 6.69. The molecule has 3 aromatic rings. The Balaban J connectivity index is 1.38. The molecule has 1 fully saturated rings. The summed E-state index contributed by atoms with van der Waals surface area (Å²) in [5.74, 6) is 0.954. The second kappa shape index (κ2) is 11.2. The Labute approximate surface area is 223 Å². The van der Waals surface area contributed by atoms with E-state index in [-0.39, 0.29) is 17.5 Å². The molecular formula is C29H34N4OS2. The number of nitrogens with two attached hydrogens (primary N) is 1. The number of ether oxygens (including phenoxy) is 1. The van der Waals surface area contributed by atoms with Gasteiger partial charge in [0.25, 0.3) is 0 Å². The van der Waals surface area contributed by atoms with Crippen LogP contribution in [0.3, 0.4) is 0 Å². The van der Waals surface area contributed by atoms with Crippen molar-refractivity contribution in [2.45, 2.75) is 47.6 Å². The first-order valence-electron chi connectivity index (χ1n) is 12.4. The van der Waals surface area contributed by atoms with Gasteiger partial charge < -0.3 is 20.7 Å². The maximum Gasteiger partial charge on any atom is 0.123 e. The number of likely N-dealkylation sites (N-methyl/N-ethyl adjacent to an activating group) is 1. The molecule has 188 valence electrons. The molecule has 5 rings (SSSR count). The van der Waals surface area contributed by atoms with Gasteiger partial charge >= 0.3 is 0 Å². The fraction of sp³-hybridized carbons (Fsp3) is 0.310. The number of nitrogens with one attached hydrogen (secondary N) is 2. The molecule has 2 heterocycles. The third-order valence-electron chi connectivity index (χ3n) is 6.64. The van der Waals surface area contributed by atoms with Crippen LogP contribution in [0.15, 0.2) is 88.2 Å². The van der Waals surface area contributed by atoms with Gasteiger partial charge in [-0.15, -0.1) is 0 Å². The molecule has 0 radical (unpaired) electrons. The van der Waals surface area contributed by atoms with Crippen molar-refractivity contribution >= 4 is 35.1 Å². The summed E-state index contributed by atoms with van der Waals surface area (Å²) in [5, 5.41) is 3.51. The van der Waals surface area contributed by atoms with Crippen LogP contribution in [0.1, 0.15) is 25.0 Å². The molecular weight excluding hydrogens is 484 g/mol. The van der Waals surface area contributed by atoms with E-state index in [4.69, 9.17) is 10.5 Å². The van der Waals surface area contributed by atoms with E-state index in [2.05, 4.69) is 109 Å². The number of benzene rings is 3. The monoisotopic (exact) mass is 518 g/mol. The van der Waals surface area contributed by atoms with Gasteiger partial charge in [-0.1, -0.05) is 53.7 Å². The van der Waals surface area contributed by atoms with Crippen LogP contribution in [-0.2, 0) is 6.42 Å². The van der Waals surface area contributed by atoms with Crippen LogP contribution >= 0.6 is 23.7 Å². The zero-order chi connectivity index (χ0) is 25.1. The smallest absolute Gasteiger partial charge is 0.123 e. The Morgan fingerprint density at radius 3 is 2.64 bits per heavy atom. The summed E-state index contributed by atoms with van der Waals surface area (Å²) >= 11 is 3.61. The van der Waals surface area contributed by atoms with E-state index in [1.807, 2.05) is 11.8 Å². The molecule has 0 aromatic heterocycles. The molecule has 0 saturated carbocycles. The summed E-state index contributed by atoms with van der Waals surface area (Å²) in [5.41, 5.74) is 12.0. The Hall–Kier alpha value is -2.58. The molecule has 0 aliphatic carbocycles. The van der Waals surface area contributed by atoms with E-state index in [0.717, 1.165) is 42.1 Å². The number of rotatable bonds is 9. The number of allylic oxidation sites excluding steroid dienone is 1. The third-order valence-corrected chi connectivity index (χ3v) is 9.03. The minimum Gasteiger partial charge on any atom is -0.488 e. The van der Waals surface area contributed by atoms with Gasteiger partial charge in [-0.25, -0.2) is 0 Å². The van der Waals surface area contributed by atoms with Crippen molar-refractivity contribution in [1.82, 2.24) is 10.0 Å². The van der Waals surface area contributed by atoms with Gasteiger partial charge in [-0.2, -0.15) is 0 Å². The predicted octanol–water partition coefficient (Wildman–Crippen LogP) is 5.52. The maximum absolute atomic E-state index is 6.37. The summed E-state index contributed by atoms with van der Waals surface area (Å²) in [7, 11) is 2.19. The van der Waals surface area contributed by atoms with E-state index in [0.29, 0.717) is 0 Å². The molecule has 4 N–H and O–H groups in total. The van der Waals surface area contributed by atoms with E-state index in [9.17, 15) is 0 Å². The lowest BCUT2D eigenvalue weighted by Crippen LogP contribution is -2.50. The first-order valence-corrected chi connectivity index (χ1v) is 14.1. The lowest BCUT2D eigenvalue weighted by Gasteiger charge is -2.30. The number of thioether (sulfide) groups is 1. The van der Waals surface area contributed by atoms with Gasteiger partial charge in [-0.3, -0.25) is 4.72 Å². The standard InChI is InChI=1S/C29H34N4OS2/c1-19(2)28(30)21-9-7-8-20(14-21)15-25(32-36-24-10-5-4-6-11-24)29-33(3)26-13-12-22(16-27(26)35-29)34-23-17-31-18-23/h4-14,16,23,25,29,31-32H,15,17-18,30H2,1-3H3. The highest BCUT2D eigenvalue weighted by Gasteiger charge is 2.34. The summed E-state index contributed by atoms with van der Waals surface area (Å²) < 4.78 is 9.93. The lowest BCUT2D eigenvalue weighted by atomic mass is 10.0. The molecule has 2 unspecified atom stereocenters. The van der Waals surface area contributed by atoms with Gasteiger partial charge in [0, 0.05) is 35.6 Å². The number of hydrogen-bond acceptors (Lipinski definition) is 7. The highest BCUT2D eigenvalue weighted by atomic mass is 32.2. The van der Waals surface area contributed by atoms with Crippen LogP contribution in [0, 0.1) is 0 Å². The quantitative estimate of drug-likeness (QED) is 0.322. The number of fused-ring (bicyclic) bond motifs is 1. The minimum atomic E-state index is 0.195. The Morgan fingerprint density at radius 2 is 1.92 bits per heavy atom. The first-order chi connectivity index (χ1) is 17.5. The van der Waals surface area contributed by atoms with Crippen molar-refractivity contribution in [3.05, 3.63) is 89.5 Å². The van der Waals surface area contributed by atoms with E-state index < -0.39 is 0 Å². The summed E-state index contributed by atoms with van der Waals surface area (Å²) in [6.45, 7) is 5.96. The SMILES string of the molecule is CC(C)=C(N)c1cccc(CC(NSc2ccccc2)C2Sc3cc(OC4CNC4)ccc3N2C)c1. The molecule has 0 amide bonds. The molecule has 1 saturated heterocycles. The largest absolute Gasteiger partial charge is 0.488 e. The molecule has 5 nitrogen and oxygen atoms in total. The predicted molar refractivity (Wildman–Crippen MR) is 154 cm³/mol. The molecule has 2 atom stereocenters. The third kappa shape index (κ3) is 5.70. The second-order valence-electron chi connectivity index (χ2n) is 9.60. The second-order valence-corrected chi connectivity index (χ2v) is 11.7. The van der Waals surface area contributed by atoms with E-state index >= 15 is 0 Å².